The summed E-state index contributed by atoms with van der Waals surface area (Å²) in [6.45, 7) is 9.01. The van der Waals surface area contributed by atoms with Crippen molar-refractivity contribution in [1.82, 2.24) is 0 Å². The molecule has 0 saturated heterocycles. The van der Waals surface area contributed by atoms with Gasteiger partial charge < -0.3 is 5.73 Å². The smallest absolute Gasteiger partial charge is 0.0294 e. The molecule has 0 amide bonds. The fraction of sp³-hybridized carbons (Fsp3) is 0.444. The number of hydrogen-bond acceptors (Lipinski definition) is 2. The van der Waals surface area contributed by atoms with Gasteiger partial charge in [-0.05, 0) is 34.7 Å². The third-order valence-corrected chi connectivity index (χ3v) is 5.53. The van der Waals surface area contributed by atoms with Crippen LogP contribution in [0, 0.1) is 5.41 Å². The first-order valence-electron chi connectivity index (χ1n) is 7.33. The molecule has 0 saturated carbocycles. The summed E-state index contributed by atoms with van der Waals surface area (Å²) >= 11 is 1.92. The largest absolute Gasteiger partial charge is 0.327 e. The molecule has 2 N–H and O–H groups in total. The van der Waals surface area contributed by atoms with Crippen LogP contribution in [0.25, 0.3) is 10.8 Å². The average Bonchev–Trinajstić information content (AvgIpc) is 2.42. The van der Waals surface area contributed by atoms with E-state index >= 15 is 0 Å². The van der Waals surface area contributed by atoms with Gasteiger partial charge in [-0.2, -0.15) is 0 Å². The maximum absolute atomic E-state index is 6.34. The van der Waals surface area contributed by atoms with Gasteiger partial charge in [-0.25, -0.2) is 0 Å². The summed E-state index contributed by atoms with van der Waals surface area (Å²) in [5.74, 6) is 0. The number of nitrogens with two attached hydrogens (primary N) is 1. The van der Waals surface area contributed by atoms with Crippen LogP contribution in [0.2, 0.25) is 0 Å². The van der Waals surface area contributed by atoms with Gasteiger partial charge in [0.25, 0.3) is 0 Å². The number of fused-ring (bicyclic) bond motifs is 1. The summed E-state index contributed by atoms with van der Waals surface area (Å²) in [6.07, 6.45) is 1.02. The summed E-state index contributed by atoms with van der Waals surface area (Å²) < 4.78 is 0. The lowest BCUT2D eigenvalue weighted by atomic mass is 9.87. The highest BCUT2D eigenvalue weighted by molar-refractivity contribution is 8.00. The van der Waals surface area contributed by atoms with E-state index in [1.54, 1.807) is 0 Å². The molecule has 0 aliphatic heterocycles. The van der Waals surface area contributed by atoms with Gasteiger partial charge in [0.05, 0.1) is 0 Å². The van der Waals surface area contributed by atoms with Gasteiger partial charge in [0, 0.05) is 16.2 Å². The van der Waals surface area contributed by atoms with E-state index in [9.17, 15) is 0 Å². The average molecular weight is 287 g/mol. The van der Waals surface area contributed by atoms with Gasteiger partial charge in [-0.1, -0.05) is 58.0 Å². The molecular formula is C18H25NS. The highest BCUT2D eigenvalue weighted by Gasteiger charge is 2.30. The van der Waals surface area contributed by atoms with Crippen molar-refractivity contribution in [3.05, 3.63) is 42.5 Å². The molecule has 0 bridgehead atoms. The molecule has 0 spiro atoms. The Morgan fingerprint density at radius 2 is 1.70 bits per heavy atom. The van der Waals surface area contributed by atoms with Crippen LogP contribution in [0.5, 0.6) is 0 Å². The second-order valence-electron chi connectivity index (χ2n) is 6.49. The number of rotatable bonds is 4. The van der Waals surface area contributed by atoms with Crippen molar-refractivity contribution in [2.45, 2.75) is 50.3 Å². The van der Waals surface area contributed by atoms with Gasteiger partial charge in [0.15, 0.2) is 0 Å². The van der Waals surface area contributed by atoms with Crippen LogP contribution in [-0.2, 0) is 0 Å². The van der Waals surface area contributed by atoms with Gasteiger partial charge >= 0.3 is 0 Å². The molecule has 2 aromatic carbocycles. The number of hydrogen-bond donors (Lipinski definition) is 1. The lowest BCUT2D eigenvalue weighted by Gasteiger charge is -2.34. The highest BCUT2D eigenvalue weighted by Crippen LogP contribution is 2.38. The quantitative estimate of drug-likeness (QED) is 0.793. The Hall–Kier alpha value is -0.990. The summed E-state index contributed by atoms with van der Waals surface area (Å²) in [7, 11) is 0. The molecule has 0 fully saturated rings. The molecule has 1 nitrogen and oxygen atoms in total. The molecule has 2 aromatic rings. The first-order valence-corrected chi connectivity index (χ1v) is 8.21. The SMILES string of the molecule is CCC(N)C(Sc1ccc2ccccc2c1)C(C)(C)C. The van der Waals surface area contributed by atoms with E-state index in [-0.39, 0.29) is 11.5 Å². The maximum Gasteiger partial charge on any atom is 0.0294 e. The molecule has 2 unspecified atom stereocenters. The van der Waals surface area contributed by atoms with Crippen LogP contribution in [-0.4, -0.2) is 11.3 Å². The van der Waals surface area contributed by atoms with Gasteiger partial charge in [0.2, 0.25) is 0 Å². The summed E-state index contributed by atoms with van der Waals surface area (Å²) in [5, 5.41) is 3.02. The van der Waals surface area contributed by atoms with Crippen molar-refractivity contribution >= 4 is 22.5 Å². The van der Waals surface area contributed by atoms with Crippen molar-refractivity contribution < 1.29 is 0 Å². The van der Waals surface area contributed by atoms with Crippen molar-refractivity contribution in [2.24, 2.45) is 11.1 Å². The van der Waals surface area contributed by atoms with Gasteiger partial charge in [-0.3, -0.25) is 0 Å². The van der Waals surface area contributed by atoms with Crippen molar-refractivity contribution in [3.63, 3.8) is 0 Å². The molecular weight excluding hydrogens is 262 g/mol. The number of thioether (sulfide) groups is 1. The first kappa shape index (κ1) is 15.4. The summed E-state index contributed by atoms with van der Waals surface area (Å²) in [6, 6.07) is 15.4. The van der Waals surface area contributed by atoms with Crippen molar-refractivity contribution in [2.75, 3.05) is 0 Å². The predicted octanol–water partition coefficient (Wildman–Crippen LogP) is 5.08. The lowest BCUT2D eigenvalue weighted by molar-refractivity contribution is 0.350. The zero-order chi connectivity index (χ0) is 14.8. The minimum atomic E-state index is 0.200. The Morgan fingerprint density at radius 1 is 1.05 bits per heavy atom. The fourth-order valence-electron chi connectivity index (χ4n) is 2.51. The van der Waals surface area contributed by atoms with E-state index in [1.807, 2.05) is 11.8 Å². The number of benzene rings is 2. The van der Waals surface area contributed by atoms with Crippen LogP contribution in [0.4, 0.5) is 0 Å². The Labute approximate surface area is 126 Å². The molecule has 2 atom stereocenters. The van der Waals surface area contributed by atoms with Crippen molar-refractivity contribution in [3.8, 4) is 0 Å². The standard InChI is InChI=1S/C18H25NS/c1-5-16(19)17(18(2,3)4)20-15-11-10-13-8-6-7-9-14(13)12-15/h6-12,16-17H,5,19H2,1-4H3. The third kappa shape index (κ3) is 3.56. The van der Waals surface area contributed by atoms with E-state index in [1.165, 1.54) is 15.7 Å². The Balaban J connectivity index is 2.28. The monoisotopic (exact) mass is 287 g/mol. The Kier molecular flexibility index (Phi) is 4.77. The van der Waals surface area contributed by atoms with E-state index < -0.39 is 0 Å². The van der Waals surface area contributed by atoms with E-state index in [0.29, 0.717) is 5.25 Å². The lowest BCUT2D eigenvalue weighted by Crippen LogP contribution is -2.40. The molecule has 0 aliphatic carbocycles. The summed E-state index contributed by atoms with van der Waals surface area (Å²) in [5.41, 5.74) is 6.54. The predicted molar refractivity (Wildman–Crippen MR) is 91.3 cm³/mol. The maximum atomic E-state index is 6.34. The van der Waals surface area contributed by atoms with Crippen LogP contribution in [0.15, 0.2) is 47.4 Å². The molecule has 0 aromatic heterocycles. The zero-order valence-corrected chi connectivity index (χ0v) is 13.7. The molecule has 0 radical (unpaired) electrons. The second kappa shape index (κ2) is 6.19. The Bertz CT molecular complexity index is 571. The third-order valence-electron chi connectivity index (χ3n) is 3.70. The van der Waals surface area contributed by atoms with Crippen LogP contribution in [0.3, 0.4) is 0 Å². The van der Waals surface area contributed by atoms with Gasteiger partial charge in [-0.15, -0.1) is 11.8 Å². The van der Waals surface area contributed by atoms with E-state index in [4.69, 9.17) is 5.73 Å². The van der Waals surface area contributed by atoms with Crippen molar-refractivity contribution in [1.29, 1.82) is 0 Å². The fourth-order valence-corrected chi connectivity index (χ4v) is 3.86. The second-order valence-corrected chi connectivity index (χ2v) is 7.70. The van der Waals surface area contributed by atoms with Crippen LogP contribution < -0.4 is 5.73 Å². The molecule has 0 aliphatic rings. The van der Waals surface area contributed by atoms with E-state index in [2.05, 4.69) is 70.2 Å². The van der Waals surface area contributed by atoms with Crippen LogP contribution in [0.1, 0.15) is 34.1 Å². The molecule has 20 heavy (non-hydrogen) atoms. The molecule has 108 valence electrons. The topological polar surface area (TPSA) is 26.0 Å². The molecule has 2 rings (SSSR count). The van der Waals surface area contributed by atoms with Crippen LogP contribution >= 0.6 is 11.8 Å². The minimum Gasteiger partial charge on any atom is -0.327 e. The van der Waals surface area contributed by atoms with Gasteiger partial charge in [0.1, 0.15) is 0 Å². The Morgan fingerprint density at radius 3 is 2.30 bits per heavy atom. The zero-order valence-electron chi connectivity index (χ0n) is 12.9. The minimum absolute atomic E-state index is 0.200. The van der Waals surface area contributed by atoms with E-state index in [0.717, 1.165) is 6.42 Å². The first-order chi connectivity index (χ1) is 9.41. The highest BCUT2D eigenvalue weighted by atomic mass is 32.2. The normalized spacial score (nSPS) is 15.2. The molecule has 0 heterocycles. The summed E-state index contributed by atoms with van der Waals surface area (Å²) in [4.78, 5) is 1.31. The molecule has 2 heteroatoms.